The maximum absolute atomic E-state index is 5.65. The van der Waals surface area contributed by atoms with E-state index in [1.165, 1.54) is 11.8 Å². The zero-order valence-electron chi connectivity index (χ0n) is 8.62. The van der Waals surface area contributed by atoms with E-state index in [0.29, 0.717) is 26.8 Å². The van der Waals surface area contributed by atoms with E-state index >= 15 is 0 Å². The van der Waals surface area contributed by atoms with Crippen LogP contribution in [0.5, 0.6) is 0 Å². The Morgan fingerprint density at radius 1 is 1.41 bits per heavy atom. The molecule has 88 valence electrons. The van der Waals surface area contributed by atoms with Crippen LogP contribution in [0.3, 0.4) is 0 Å². The Balaban J connectivity index is 1.88. The van der Waals surface area contributed by atoms with Crippen LogP contribution in [0.15, 0.2) is 21.0 Å². The van der Waals surface area contributed by atoms with Crippen LogP contribution in [0.1, 0.15) is 18.9 Å². The first-order valence-corrected chi connectivity index (χ1v) is 6.59. The van der Waals surface area contributed by atoms with Crippen LogP contribution in [0, 0.1) is 0 Å². The quantitative estimate of drug-likeness (QED) is 0.673. The van der Waals surface area contributed by atoms with Crippen molar-refractivity contribution < 1.29 is 0 Å². The summed E-state index contributed by atoms with van der Waals surface area (Å²) in [4.78, 5) is 8.33. The molecule has 1 aliphatic rings. The van der Waals surface area contributed by atoms with E-state index in [-0.39, 0.29) is 0 Å². The number of rotatable bonds is 3. The van der Waals surface area contributed by atoms with Gasteiger partial charge in [-0.05, 0) is 51.0 Å². The van der Waals surface area contributed by atoms with Gasteiger partial charge in [-0.15, -0.1) is 5.10 Å². The molecule has 0 aromatic carbocycles. The Morgan fingerprint density at radius 2 is 2.24 bits per heavy atom. The molecule has 1 aliphatic carbocycles. The first kappa shape index (κ1) is 10.9. The number of nitrogens with zero attached hydrogens (tertiary/aromatic N) is 6. The average Bonchev–Trinajstić information content (AvgIpc) is 2.99. The third-order valence-corrected chi connectivity index (χ3v) is 3.45. The highest BCUT2D eigenvalue weighted by atomic mass is 79.9. The lowest BCUT2D eigenvalue weighted by molar-refractivity contribution is 0.565. The lowest BCUT2D eigenvalue weighted by Gasteiger charge is -2.02. The number of nitrogens with two attached hydrogens (primary N) is 1. The van der Waals surface area contributed by atoms with E-state index in [1.807, 2.05) is 4.68 Å². The second kappa shape index (κ2) is 4.22. The summed E-state index contributed by atoms with van der Waals surface area (Å²) >= 11 is 4.59. The molecule has 9 heteroatoms. The number of tetrazole rings is 1. The molecule has 7 nitrogen and oxygen atoms in total. The highest BCUT2D eigenvalue weighted by Gasteiger charge is 2.28. The van der Waals surface area contributed by atoms with Gasteiger partial charge in [-0.1, -0.05) is 0 Å². The predicted octanol–water partition coefficient (Wildman–Crippen LogP) is 1.29. The van der Waals surface area contributed by atoms with Crippen molar-refractivity contribution in [3.63, 3.8) is 0 Å². The van der Waals surface area contributed by atoms with Crippen LogP contribution < -0.4 is 5.73 Å². The number of hydrogen-bond donors (Lipinski definition) is 1. The SMILES string of the molecule is Nc1cc(Br)nc(Sc2nnnn2C2CC2)n1. The minimum absolute atomic E-state index is 0.417. The van der Waals surface area contributed by atoms with Crippen LogP contribution >= 0.6 is 27.7 Å². The maximum Gasteiger partial charge on any atom is 0.217 e. The minimum atomic E-state index is 0.417. The van der Waals surface area contributed by atoms with Crippen molar-refractivity contribution in [2.75, 3.05) is 5.73 Å². The summed E-state index contributed by atoms with van der Waals surface area (Å²) in [6, 6.07) is 2.07. The highest BCUT2D eigenvalue weighted by Crippen LogP contribution is 2.37. The van der Waals surface area contributed by atoms with Crippen LogP contribution in [0.25, 0.3) is 0 Å². The Bertz CT molecular complexity index is 532. The first-order chi connectivity index (χ1) is 8.22. The standard InChI is InChI=1S/C8H8BrN7S/c9-5-3-6(10)12-7(11-5)17-8-13-14-15-16(8)4-1-2-4/h3-4H,1-2H2,(H2,10,11,12). The Kier molecular flexibility index (Phi) is 2.71. The lowest BCUT2D eigenvalue weighted by atomic mass is 10.6. The van der Waals surface area contributed by atoms with Crippen molar-refractivity contribution in [1.82, 2.24) is 30.2 Å². The van der Waals surface area contributed by atoms with Gasteiger partial charge < -0.3 is 5.73 Å². The van der Waals surface area contributed by atoms with E-state index in [0.717, 1.165) is 12.8 Å². The molecule has 0 unspecified atom stereocenters. The molecule has 2 N–H and O–H groups in total. The Morgan fingerprint density at radius 3 is 2.94 bits per heavy atom. The monoisotopic (exact) mass is 313 g/mol. The first-order valence-electron chi connectivity index (χ1n) is 4.98. The summed E-state index contributed by atoms with van der Waals surface area (Å²) in [5.41, 5.74) is 5.65. The van der Waals surface area contributed by atoms with E-state index in [9.17, 15) is 0 Å². The van der Waals surface area contributed by atoms with Crippen molar-refractivity contribution in [3.8, 4) is 0 Å². The van der Waals surface area contributed by atoms with Gasteiger partial charge in [0.15, 0.2) is 5.16 Å². The van der Waals surface area contributed by atoms with Gasteiger partial charge in [-0.2, -0.15) is 0 Å². The molecule has 0 atom stereocenters. The van der Waals surface area contributed by atoms with Crippen LogP contribution in [-0.2, 0) is 0 Å². The second-order valence-electron chi connectivity index (χ2n) is 3.64. The van der Waals surface area contributed by atoms with Gasteiger partial charge in [0.2, 0.25) is 5.16 Å². The third kappa shape index (κ3) is 2.39. The molecular weight excluding hydrogens is 306 g/mol. The zero-order chi connectivity index (χ0) is 11.8. The topological polar surface area (TPSA) is 95.4 Å². The smallest absolute Gasteiger partial charge is 0.217 e. The van der Waals surface area contributed by atoms with E-state index in [2.05, 4.69) is 41.4 Å². The van der Waals surface area contributed by atoms with E-state index < -0.39 is 0 Å². The van der Waals surface area contributed by atoms with E-state index in [1.54, 1.807) is 6.07 Å². The molecule has 2 heterocycles. The van der Waals surface area contributed by atoms with Gasteiger partial charge in [0.25, 0.3) is 0 Å². The summed E-state index contributed by atoms with van der Waals surface area (Å²) in [7, 11) is 0. The summed E-state index contributed by atoms with van der Waals surface area (Å²) in [6.07, 6.45) is 2.25. The maximum atomic E-state index is 5.65. The molecule has 0 spiro atoms. The van der Waals surface area contributed by atoms with Crippen LogP contribution in [0.2, 0.25) is 0 Å². The molecule has 2 aromatic heterocycles. The highest BCUT2D eigenvalue weighted by molar-refractivity contribution is 9.10. The zero-order valence-corrected chi connectivity index (χ0v) is 11.0. The predicted molar refractivity (Wildman–Crippen MR) is 64.4 cm³/mol. The summed E-state index contributed by atoms with van der Waals surface area (Å²) in [5.74, 6) is 0.417. The summed E-state index contributed by atoms with van der Waals surface area (Å²) in [5, 5.41) is 12.8. The fraction of sp³-hybridized carbons (Fsp3) is 0.375. The molecule has 1 fully saturated rings. The fourth-order valence-electron chi connectivity index (χ4n) is 1.34. The number of aromatic nitrogens is 6. The largest absolute Gasteiger partial charge is 0.384 e. The second-order valence-corrected chi connectivity index (χ2v) is 5.38. The summed E-state index contributed by atoms with van der Waals surface area (Å²) < 4.78 is 2.46. The Labute approximate surface area is 109 Å². The van der Waals surface area contributed by atoms with Crippen molar-refractivity contribution in [2.45, 2.75) is 29.2 Å². The molecule has 2 aromatic rings. The summed E-state index contributed by atoms with van der Waals surface area (Å²) in [6.45, 7) is 0. The van der Waals surface area contributed by atoms with Gasteiger partial charge in [0.1, 0.15) is 10.4 Å². The number of hydrogen-bond acceptors (Lipinski definition) is 7. The third-order valence-electron chi connectivity index (χ3n) is 2.23. The van der Waals surface area contributed by atoms with Crippen molar-refractivity contribution >= 4 is 33.5 Å². The molecule has 17 heavy (non-hydrogen) atoms. The molecule has 1 saturated carbocycles. The van der Waals surface area contributed by atoms with Crippen molar-refractivity contribution in [1.29, 1.82) is 0 Å². The van der Waals surface area contributed by atoms with Gasteiger partial charge in [-0.25, -0.2) is 14.6 Å². The fourth-order valence-corrected chi connectivity index (χ4v) is 2.68. The van der Waals surface area contributed by atoms with Gasteiger partial charge in [0, 0.05) is 6.07 Å². The Hall–Kier alpha value is -1.22. The normalized spacial score (nSPS) is 15.1. The minimum Gasteiger partial charge on any atom is -0.384 e. The van der Waals surface area contributed by atoms with Crippen LogP contribution in [-0.4, -0.2) is 30.2 Å². The molecular formula is C8H8BrN7S. The van der Waals surface area contributed by atoms with Gasteiger partial charge >= 0.3 is 0 Å². The van der Waals surface area contributed by atoms with Crippen molar-refractivity contribution in [2.24, 2.45) is 0 Å². The molecule has 3 rings (SSSR count). The average molecular weight is 314 g/mol. The molecule has 0 aliphatic heterocycles. The number of halogens is 1. The van der Waals surface area contributed by atoms with Gasteiger partial charge in [0.05, 0.1) is 6.04 Å². The lowest BCUT2D eigenvalue weighted by Crippen LogP contribution is -2.00. The number of anilines is 1. The number of nitrogen functional groups attached to an aromatic ring is 1. The van der Waals surface area contributed by atoms with Crippen molar-refractivity contribution in [3.05, 3.63) is 10.7 Å². The van der Waals surface area contributed by atoms with Crippen LogP contribution in [0.4, 0.5) is 5.82 Å². The molecule has 0 saturated heterocycles. The van der Waals surface area contributed by atoms with E-state index in [4.69, 9.17) is 5.73 Å². The molecule has 0 radical (unpaired) electrons. The molecule has 0 amide bonds. The van der Waals surface area contributed by atoms with Gasteiger partial charge in [-0.3, -0.25) is 0 Å². The molecule has 0 bridgehead atoms.